The third-order valence-corrected chi connectivity index (χ3v) is 4.80. The van der Waals surface area contributed by atoms with Crippen molar-refractivity contribution in [3.63, 3.8) is 0 Å². The summed E-state index contributed by atoms with van der Waals surface area (Å²) >= 11 is 0. The SMILES string of the molecule is Cc1ccc2[nH]c(=O)c(CCC(=O)NCCCN3CCCC3=O)cc2c1. The highest BCUT2D eigenvalue weighted by atomic mass is 16.2. The number of carbonyl (C=O) groups excluding carboxylic acids is 2. The maximum absolute atomic E-state index is 12.1. The number of likely N-dealkylation sites (tertiary alicyclic amines) is 1. The molecule has 2 heterocycles. The van der Waals surface area contributed by atoms with Crippen molar-refractivity contribution in [1.82, 2.24) is 15.2 Å². The van der Waals surface area contributed by atoms with Gasteiger partial charge in [-0.15, -0.1) is 0 Å². The van der Waals surface area contributed by atoms with Crippen LogP contribution in [0.2, 0.25) is 0 Å². The van der Waals surface area contributed by atoms with Gasteiger partial charge in [0.25, 0.3) is 5.56 Å². The molecule has 26 heavy (non-hydrogen) atoms. The van der Waals surface area contributed by atoms with E-state index in [9.17, 15) is 14.4 Å². The van der Waals surface area contributed by atoms with E-state index in [1.807, 2.05) is 36.1 Å². The van der Waals surface area contributed by atoms with Crippen molar-refractivity contribution in [2.75, 3.05) is 19.6 Å². The lowest BCUT2D eigenvalue weighted by Gasteiger charge is -2.15. The molecule has 1 aromatic heterocycles. The zero-order valence-corrected chi connectivity index (χ0v) is 15.1. The third-order valence-electron chi connectivity index (χ3n) is 4.80. The van der Waals surface area contributed by atoms with Gasteiger partial charge in [-0.05, 0) is 49.8 Å². The first-order chi connectivity index (χ1) is 12.5. The lowest BCUT2D eigenvalue weighted by Crippen LogP contribution is -2.31. The molecule has 6 nitrogen and oxygen atoms in total. The van der Waals surface area contributed by atoms with Crippen LogP contribution in [-0.2, 0) is 16.0 Å². The van der Waals surface area contributed by atoms with Gasteiger partial charge in [0.1, 0.15) is 0 Å². The number of H-pyrrole nitrogens is 1. The number of aromatic nitrogens is 1. The molecule has 2 N–H and O–H groups in total. The Labute approximate surface area is 152 Å². The van der Waals surface area contributed by atoms with E-state index in [0.717, 1.165) is 35.9 Å². The molecule has 0 radical (unpaired) electrons. The van der Waals surface area contributed by atoms with Crippen LogP contribution in [0.25, 0.3) is 10.9 Å². The topological polar surface area (TPSA) is 82.3 Å². The first-order valence-corrected chi connectivity index (χ1v) is 9.20. The normalized spacial score (nSPS) is 14.2. The lowest BCUT2D eigenvalue weighted by molar-refractivity contribution is -0.127. The molecule has 1 aliphatic rings. The maximum Gasteiger partial charge on any atom is 0.251 e. The minimum Gasteiger partial charge on any atom is -0.356 e. The molecule has 0 saturated carbocycles. The van der Waals surface area contributed by atoms with Crippen LogP contribution in [0.1, 0.15) is 36.8 Å². The molecule has 1 saturated heterocycles. The van der Waals surface area contributed by atoms with Gasteiger partial charge in [0.2, 0.25) is 11.8 Å². The number of pyridine rings is 1. The second-order valence-electron chi connectivity index (χ2n) is 6.90. The van der Waals surface area contributed by atoms with Crippen LogP contribution in [0, 0.1) is 6.92 Å². The van der Waals surface area contributed by atoms with E-state index in [4.69, 9.17) is 0 Å². The van der Waals surface area contributed by atoms with Crippen LogP contribution < -0.4 is 10.9 Å². The Balaban J connectivity index is 1.46. The van der Waals surface area contributed by atoms with Crippen LogP contribution in [0.4, 0.5) is 0 Å². The standard InChI is InChI=1S/C20H25N3O3/c1-14-5-7-17-16(12-14)13-15(20(26)22-17)6-8-18(24)21-9-3-11-23-10-2-4-19(23)25/h5,7,12-13H,2-4,6,8-11H2,1H3,(H,21,24)(H,22,26). The lowest BCUT2D eigenvalue weighted by atomic mass is 10.1. The number of nitrogens with zero attached hydrogens (tertiary/aromatic N) is 1. The molecule has 0 aliphatic carbocycles. The zero-order chi connectivity index (χ0) is 18.5. The van der Waals surface area contributed by atoms with E-state index in [1.165, 1.54) is 0 Å². The molecule has 1 fully saturated rings. The van der Waals surface area contributed by atoms with Crippen molar-refractivity contribution in [2.24, 2.45) is 0 Å². The van der Waals surface area contributed by atoms with Gasteiger partial charge in [-0.3, -0.25) is 14.4 Å². The summed E-state index contributed by atoms with van der Waals surface area (Å²) in [5.41, 5.74) is 2.43. The van der Waals surface area contributed by atoms with Crippen molar-refractivity contribution in [2.45, 2.75) is 39.0 Å². The molecule has 1 aliphatic heterocycles. The van der Waals surface area contributed by atoms with E-state index in [-0.39, 0.29) is 23.8 Å². The molecule has 2 amide bonds. The number of aryl methyl sites for hydroxylation is 2. The van der Waals surface area contributed by atoms with E-state index >= 15 is 0 Å². The Morgan fingerprint density at radius 2 is 2.12 bits per heavy atom. The Hall–Kier alpha value is -2.63. The predicted octanol–water partition coefficient (Wildman–Crippen LogP) is 1.90. The summed E-state index contributed by atoms with van der Waals surface area (Å²) in [6, 6.07) is 7.75. The van der Waals surface area contributed by atoms with Gasteiger partial charge in [-0.25, -0.2) is 0 Å². The maximum atomic E-state index is 12.1. The van der Waals surface area contributed by atoms with Crippen molar-refractivity contribution < 1.29 is 9.59 Å². The zero-order valence-electron chi connectivity index (χ0n) is 15.1. The van der Waals surface area contributed by atoms with Crippen LogP contribution in [0.5, 0.6) is 0 Å². The van der Waals surface area contributed by atoms with Gasteiger partial charge in [-0.1, -0.05) is 11.6 Å². The quantitative estimate of drug-likeness (QED) is 0.744. The number of nitrogens with one attached hydrogen (secondary N) is 2. The van der Waals surface area contributed by atoms with E-state index in [1.54, 1.807) is 0 Å². The number of amides is 2. The summed E-state index contributed by atoms with van der Waals surface area (Å²) < 4.78 is 0. The van der Waals surface area contributed by atoms with E-state index in [0.29, 0.717) is 31.5 Å². The molecule has 1 aromatic carbocycles. The summed E-state index contributed by atoms with van der Waals surface area (Å²) in [5, 5.41) is 3.85. The molecule has 2 aromatic rings. The molecule has 138 valence electrons. The largest absolute Gasteiger partial charge is 0.356 e. The van der Waals surface area contributed by atoms with Gasteiger partial charge >= 0.3 is 0 Å². The van der Waals surface area contributed by atoms with Gasteiger partial charge < -0.3 is 15.2 Å². The number of hydrogen-bond acceptors (Lipinski definition) is 3. The van der Waals surface area contributed by atoms with E-state index < -0.39 is 0 Å². The number of carbonyl (C=O) groups is 2. The van der Waals surface area contributed by atoms with Crippen molar-refractivity contribution >= 4 is 22.7 Å². The highest BCUT2D eigenvalue weighted by molar-refractivity contribution is 5.80. The molecule has 0 unspecified atom stereocenters. The first kappa shape index (κ1) is 18.2. The van der Waals surface area contributed by atoms with Crippen LogP contribution >= 0.6 is 0 Å². The summed E-state index contributed by atoms with van der Waals surface area (Å²) in [4.78, 5) is 40.4. The van der Waals surface area contributed by atoms with Gasteiger partial charge in [-0.2, -0.15) is 0 Å². The summed E-state index contributed by atoms with van der Waals surface area (Å²) in [5.74, 6) is 0.142. The number of fused-ring (bicyclic) bond motifs is 1. The Kier molecular flexibility index (Phi) is 5.71. The molecule has 3 rings (SSSR count). The van der Waals surface area contributed by atoms with Crippen molar-refractivity contribution in [3.05, 3.63) is 45.7 Å². The molecule has 6 heteroatoms. The highest BCUT2D eigenvalue weighted by Crippen LogP contribution is 2.14. The van der Waals surface area contributed by atoms with Crippen LogP contribution in [0.15, 0.2) is 29.1 Å². The summed E-state index contributed by atoms with van der Waals surface area (Å²) in [7, 11) is 0. The highest BCUT2D eigenvalue weighted by Gasteiger charge is 2.19. The molecule has 0 atom stereocenters. The number of benzene rings is 1. The van der Waals surface area contributed by atoms with Crippen molar-refractivity contribution in [1.29, 1.82) is 0 Å². The minimum atomic E-state index is -0.137. The average Bonchev–Trinajstić information content (AvgIpc) is 3.02. The van der Waals surface area contributed by atoms with Gasteiger partial charge in [0.05, 0.1) is 0 Å². The average molecular weight is 355 g/mol. The second kappa shape index (κ2) is 8.17. The number of aromatic amines is 1. The van der Waals surface area contributed by atoms with E-state index in [2.05, 4.69) is 10.3 Å². The van der Waals surface area contributed by atoms with Crippen molar-refractivity contribution in [3.8, 4) is 0 Å². The van der Waals surface area contributed by atoms with Gasteiger partial charge in [0, 0.05) is 43.6 Å². The Morgan fingerprint density at radius 3 is 2.88 bits per heavy atom. The number of rotatable bonds is 7. The third kappa shape index (κ3) is 4.50. The minimum absolute atomic E-state index is 0.0681. The van der Waals surface area contributed by atoms with Crippen LogP contribution in [-0.4, -0.2) is 41.3 Å². The smallest absolute Gasteiger partial charge is 0.251 e. The Bertz CT molecular complexity index is 872. The Morgan fingerprint density at radius 1 is 1.27 bits per heavy atom. The molecule has 0 bridgehead atoms. The second-order valence-corrected chi connectivity index (χ2v) is 6.90. The summed E-state index contributed by atoms with van der Waals surface area (Å²) in [6.07, 6.45) is 3.03. The predicted molar refractivity (Wildman–Crippen MR) is 101 cm³/mol. The fourth-order valence-corrected chi connectivity index (χ4v) is 3.33. The molecular formula is C20H25N3O3. The fraction of sp³-hybridized carbons (Fsp3) is 0.450. The van der Waals surface area contributed by atoms with Crippen LogP contribution in [0.3, 0.4) is 0 Å². The summed E-state index contributed by atoms with van der Waals surface area (Å²) in [6.45, 7) is 4.09. The van der Waals surface area contributed by atoms with Gasteiger partial charge in [0.15, 0.2) is 0 Å². The molecule has 0 spiro atoms. The monoisotopic (exact) mass is 355 g/mol. The first-order valence-electron chi connectivity index (χ1n) is 9.20. The molecular weight excluding hydrogens is 330 g/mol. The fourth-order valence-electron chi connectivity index (χ4n) is 3.33. The number of hydrogen-bond donors (Lipinski definition) is 2.